The number of hydrogen-bond acceptors (Lipinski definition) is 4. The number of carbonyl (C=O) groups excluding carboxylic acids is 1. The Hall–Kier alpha value is -1.78. The minimum atomic E-state index is 0.0290. The van der Waals surface area contributed by atoms with E-state index in [1.807, 2.05) is 6.07 Å². The highest BCUT2D eigenvalue weighted by Crippen LogP contribution is 2.30. The first-order chi connectivity index (χ1) is 8.11. The van der Waals surface area contributed by atoms with Crippen molar-refractivity contribution in [2.24, 2.45) is 0 Å². The standard InChI is InChI=1S/C12H17N3O2/c1-8(2)15-7-6-10(16)13-9-4-5-11(17-3)14-12(9)15/h4-5,8H,6-7H2,1-3H3,(H,13,16). The lowest BCUT2D eigenvalue weighted by molar-refractivity contribution is -0.115. The number of hydrogen-bond donors (Lipinski definition) is 1. The van der Waals surface area contributed by atoms with Crippen molar-refractivity contribution in [1.82, 2.24) is 4.98 Å². The molecule has 0 saturated heterocycles. The molecule has 0 atom stereocenters. The SMILES string of the molecule is COc1ccc2c(n1)N(C(C)C)CCC(=O)N2. The number of aromatic nitrogens is 1. The van der Waals surface area contributed by atoms with Gasteiger partial charge < -0.3 is 15.0 Å². The van der Waals surface area contributed by atoms with Crippen molar-refractivity contribution in [3.8, 4) is 5.88 Å². The van der Waals surface area contributed by atoms with Gasteiger partial charge in [-0.25, -0.2) is 0 Å². The van der Waals surface area contributed by atoms with Gasteiger partial charge in [-0.05, 0) is 19.9 Å². The van der Waals surface area contributed by atoms with Crippen LogP contribution in [0.5, 0.6) is 5.88 Å². The minimum Gasteiger partial charge on any atom is -0.481 e. The molecule has 1 aromatic heterocycles. The van der Waals surface area contributed by atoms with Crippen molar-refractivity contribution in [3.63, 3.8) is 0 Å². The summed E-state index contributed by atoms with van der Waals surface area (Å²) in [5, 5.41) is 2.86. The van der Waals surface area contributed by atoms with Gasteiger partial charge in [0.1, 0.15) is 0 Å². The van der Waals surface area contributed by atoms with Crippen LogP contribution in [-0.2, 0) is 4.79 Å². The van der Waals surface area contributed by atoms with E-state index in [0.717, 1.165) is 11.5 Å². The van der Waals surface area contributed by atoms with E-state index < -0.39 is 0 Å². The molecule has 5 nitrogen and oxygen atoms in total. The lowest BCUT2D eigenvalue weighted by Crippen LogP contribution is -2.32. The zero-order chi connectivity index (χ0) is 12.4. The van der Waals surface area contributed by atoms with Gasteiger partial charge in [-0.1, -0.05) is 0 Å². The van der Waals surface area contributed by atoms with E-state index in [0.29, 0.717) is 24.9 Å². The molecule has 0 aromatic carbocycles. The molecule has 0 aliphatic carbocycles. The Morgan fingerprint density at radius 1 is 1.47 bits per heavy atom. The molecule has 1 amide bonds. The maximum Gasteiger partial charge on any atom is 0.226 e. The van der Waals surface area contributed by atoms with Crippen LogP contribution in [-0.4, -0.2) is 30.6 Å². The Labute approximate surface area is 101 Å². The molecule has 0 radical (unpaired) electrons. The number of carbonyl (C=O) groups is 1. The fraction of sp³-hybridized carbons (Fsp3) is 0.500. The van der Waals surface area contributed by atoms with E-state index in [4.69, 9.17) is 4.74 Å². The molecule has 1 N–H and O–H groups in total. The smallest absolute Gasteiger partial charge is 0.226 e. The van der Waals surface area contributed by atoms with Gasteiger partial charge in [0.2, 0.25) is 11.8 Å². The second-order valence-corrected chi connectivity index (χ2v) is 4.31. The molecule has 0 bridgehead atoms. The summed E-state index contributed by atoms with van der Waals surface area (Å²) in [6, 6.07) is 3.88. The molecular weight excluding hydrogens is 218 g/mol. The normalized spacial score (nSPS) is 15.3. The number of pyridine rings is 1. The van der Waals surface area contributed by atoms with Crippen molar-refractivity contribution in [3.05, 3.63) is 12.1 Å². The third-order valence-corrected chi connectivity index (χ3v) is 2.81. The van der Waals surface area contributed by atoms with Crippen LogP contribution < -0.4 is 15.0 Å². The Kier molecular flexibility index (Phi) is 3.17. The second-order valence-electron chi connectivity index (χ2n) is 4.31. The van der Waals surface area contributed by atoms with E-state index in [-0.39, 0.29) is 5.91 Å². The molecule has 5 heteroatoms. The summed E-state index contributed by atoms with van der Waals surface area (Å²) in [5.41, 5.74) is 0.752. The number of nitrogens with one attached hydrogen (secondary N) is 1. The molecule has 92 valence electrons. The monoisotopic (exact) mass is 235 g/mol. The average molecular weight is 235 g/mol. The Morgan fingerprint density at radius 2 is 2.24 bits per heavy atom. The van der Waals surface area contributed by atoms with Gasteiger partial charge in [0.15, 0.2) is 5.82 Å². The highest BCUT2D eigenvalue weighted by Gasteiger charge is 2.22. The van der Waals surface area contributed by atoms with E-state index in [1.165, 1.54) is 0 Å². The van der Waals surface area contributed by atoms with Gasteiger partial charge in [0, 0.05) is 25.1 Å². The van der Waals surface area contributed by atoms with Crippen molar-refractivity contribution in [2.45, 2.75) is 26.3 Å². The molecule has 0 fully saturated rings. The summed E-state index contributed by atoms with van der Waals surface area (Å²) in [7, 11) is 1.59. The third-order valence-electron chi connectivity index (χ3n) is 2.81. The van der Waals surface area contributed by atoms with E-state index in [2.05, 4.69) is 29.0 Å². The first kappa shape index (κ1) is 11.7. The summed E-state index contributed by atoms with van der Waals surface area (Å²) in [4.78, 5) is 18.1. The summed E-state index contributed by atoms with van der Waals surface area (Å²) >= 11 is 0. The summed E-state index contributed by atoms with van der Waals surface area (Å²) < 4.78 is 5.13. The fourth-order valence-electron chi connectivity index (χ4n) is 1.90. The molecule has 1 aromatic rings. The minimum absolute atomic E-state index is 0.0290. The maximum atomic E-state index is 11.6. The first-order valence-electron chi connectivity index (χ1n) is 5.73. The number of nitrogens with zero attached hydrogens (tertiary/aromatic N) is 2. The Balaban J connectivity index is 2.46. The summed E-state index contributed by atoms with van der Waals surface area (Å²) in [6.45, 7) is 4.85. The number of ether oxygens (including phenoxy) is 1. The summed E-state index contributed by atoms with van der Waals surface area (Å²) in [5.74, 6) is 1.37. The van der Waals surface area contributed by atoms with Gasteiger partial charge in [0.25, 0.3) is 0 Å². The molecule has 1 aliphatic rings. The quantitative estimate of drug-likeness (QED) is 0.846. The second kappa shape index (κ2) is 4.61. The van der Waals surface area contributed by atoms with Crippen LogP contribution >= 0.6 is 0 Å². The van der Waals surface area contributed by atoms with Gasteiger partial charge in [-0.2, -0.15) is 4.98 Å². The van der Waals surface area contributed by atoms with E-state index in [1.54, 1.807) is 13.2 Å². The van der Waals surface area contributed by atoms with Crippen LogP contribution in [0.1, 0.15) is 20.3 Å². The average Bonchev–Trinajstić information content (AvgIpc) is 2.46. The number of rotatable bonds is 2. The van der Waals surface area contributed by atoms with Crippen LogP contribution in [0.25, 0.3) is 0 Å². The summed E-state index contributed by atoms with van der Waals surface area (Å²) in [6.07, 6.45) is 0.483. The van der Waals surface area contributed by atoms with Crippen LogP contribution in [0.2, 0.25) is 0 Å². The number of fused-ring (bicyclic) bond motifs is 1. The first-order valence-corrected chi connectivity index (χ1v) is 5.73. The Bertz CT molecular complexity index is 432. The van der Waals surface area contributed by atoms with E-state index in [9.17, 15) is 4.79 Å². The number of methoxy groups -OCH3 is 1. The molecule has 1 aliphatic heterocycles. The lowest BCUT2D eigenvalue weighted by Gasteiger charge is -2.27. The predicted octanol–water partition coefficient (Wildman–Crippen LogP) is 1.65. The zero-order valence-corrected chi connectivity index (χ0v) is 10.4. The van der Waals surface area contributed by atoms with Crippen molar-refractivity contribution >= 4 is 17.4 Å². The molecule has 2 rings (SSSR count). The van der Waals surface area contributed by atoms with E-state index >= 15 is 0 Å². The Morgan fingerprint density at radius 3 is 2.88 bits per heavy atom. The molecule has 17 heavy (non-hydrogen) atoms. The van der Waals surface area contributed by atoms with Crippen LogP contribution in [0.4, 0.5) is 11.5 Å². The van der Waals surface area contributed by atoms with Crippen molar-refractivity contribution in [2.75, 3.05) is 23.9 Å². The highest BCUT2D eigenvalue weighted by atomic mass is 16.5. The molecule has 2 heterocycles. The maximum absolute atomic E-state index is 11.6. The number of amides is 1. The van der Waals surface area contributed by atoms with Crippen LogP contribution in [0.15, 0.2) is 12.1 Å². The van der Waals surface area contributed by atoms with Crippen LogP contribution in [0.3, 0.4) is 0 Å². The zero-order valence-electron chi connectivity index (χ0n) is 10.4. The van der Waals surface area contributed by atoms with Gasteiger partial charge in [-0.3, -0.25) is 4.79 Å². The van der Waals surface area contributed by atoms with Gasteiger partial charge >= 0.3 is 0 Å². The predicted molar refractivity (Wildman–Crippen MR) is 66.5 cm³/mol. The number of anilines is 2. The van der Waals surface area contributed by atoms with Gasteiger partial charge in [-0.15, -0.1) is 0 Å². The third kappa shape index (κ3) is 2.33. The molecule has 0 spiro atoms. The van der Waals surface area contributed by atoms with Gasteiger partial charge in [0.05, 0.1) is 12.8 Å². The van der Waals surface area contributed by atoms with Crippen molar-refractivity contribution < 1.29 is 9.53 Å². The fourth-order valence-corrected chi connectivity index (χ4v) is 1.90. The molecular formula is C12H17N3O2. The lowest BCUT2D eigenvalue weighted by atomic mass is 10.2. The topological polar surface area (TPSA) is 54.5 Å². The highest BCUT2D eigenvalue weighted by molar-refractivity contribution is 5.95. The molecule has 0 unspecified atom stereocenters. The molecule has 0 saturated carbocycles. The van der Waals surface area contributed by atoms with Crippen LogP contribution in [0, 0.1) is 0 Å². The van der Waals surface area contributed by atoms with Crippen molar-refractivity contribution in [1.29, 1.82) is 0 Å². The largest absolute Gasteiger partial charge is 0.481 e.